The molecule has 0 saturated carbocycles. The number of aromatic carboxylic acids is 1. The number of carbonyl (C=O) groups excluding carboxylic acids is 2. The molecule has 2 amide bonds. The van der Waals surface area contributed by atoms with E-state index < -0.39 is 23.8 Å². The van der Waals surface area contributed by atoms with E-state index in [0.29, 0.717) is 21.3 Å². The van der Waals surface area contributed by atoms with Crippen molar-refractivity contribution in [2.45, 2.75) is 19.4 Å². The lowest BCUT2D eigenvalue weighted by molar-refractivity contribution is -0.121. The molecule has 26 heavy (non-hydrogen) atoms. The Morgan fingerprint density at radius 2 is 1.92 bits per heavy atom. The lowest BCUT2D eigenvalue weighted by Crippen LogP contribution is -2.35. The molecular formula is C18H14Cl2N2O4. The summed E-state index contributed by atoms with van der Waals surface area (Å²) in [4.78, 5) is 37.4. The number of carboxylic acid groups (broad SMARTS) is 1. The molecule has 1 saturated heterocycles. The lowest BCUT2D eigenvalue weighted by atomic mass is 10.1. The maximum Gasteiger partial charge on any atom is 0.335 e. The first-order chi connectivity index (χ1) is 12.3. The summed E-state index contributed by atoms with van der Waals surface area (Å²) in [7, 11) is 0. The van der Waals surface area contributed by atoms with Crippen molar-refractivity contribution < 1.29 is 19.5 Å². The largest absolute Gasteiger partial charge is 0.478 e. The van der Waals surface area contributed by atoms with Crippen molar-refractivity contribution in [2.24, 2.45) is 0 Å². The van der Waals surface area contributed by atoms with Gasteiger partial charge < -0.3 is 10.4 Å². The fourth-order valence-electron chi connectivity index (χ4n) is 2.78. The zero-order valence-electron chi connectivity index (χ0n) is 13.6. The molecule has 2 aromatic rings. The van der Waals surface area contributed by atoms with Crippen LogP contribution in [0.15, 0.2) is 36.4 Å². The number of benzene rings is 2. The van der Waals surface area contributed by atoms with E-state index in [1.54, 1.807) is 25.1 Å². The van der Waals surface area contributed by atoms with E-state index in [1.165, 1.54) is 18.2 Å². The van der Waals surface area contributed by atoms with E-state index in [-0.39, 0.29) is 17.7 Å². The van der Waals surface area contributed by atoms with Crippen LogP contribution in [-0.4, -0.2) is 28.9 Å². The van der Waals surface area contributed by atoms with Gasteiger partial charge in [0.05, 0.1) is 28.4 Å². The third-order valence-corrected chi connectivity index (χ3v) is 4.65. The second-order valence-electron chi connectivity index (χ2n) is 5.90. The van der Waals surface area contributed by atoms with Crippen LogP contribution in [0.25, 0.3) is 0 Å². The molecule has 1 fully saturated rings. The third kappa shape index (κ3) is 3.38. The Bertz CT molecular complexity index is 929. The monoisotopic (exact) mass is 392 g/mol. The Kier molecular flexibility index (Phi) is 4.89. The van der Waals surface area contributed by atoms with Crippen molar-refractivity contribution in [1.82, 2.24) is 0 Å². The molecule has 0 bridgehead atoms. The van der Waals surface area contributed by atoms with E-state index >= 15 is 0 Å². The van der Waals surface area contributed by atoms with Gasteiger partial charge >= 0.3 is 5.97 Å². The standard InChI is InChI=1S/C18H14Cl2N2O4/c1-9-2-3-10(18(25)26)6-15(9)22-16(23)8-14(17(22)24)21-13-5-4-11(19)7-12(13)20/h2-7,14,21H,8H2,1H3,(H,25,26). The predicted molar refractivity (Wildman–Crippen MR) is 99.1 cm³/mol. The van der Waals surface area contributed by atoms with Crippen LogP contribution >= 0.6 is 23.2 Å². The van der Waals surface area contributed by atoms with Gasteiger partial charge in [-0.15, -0.1) is 0 Å². The van der Waals surface area contributed by atoms with Gasteiger partial charge in [-0.1, -0.05) is 29.3 Å². The van der Waals surface area contributed by atoms with Crippen molar-refractivity contribution in [3.63, 3.8) is 0 Å². The fourth-order valence-corrected chi connectivity index (χ4v) is 3.24. The Morgan fingerprint density at radius 1 is 1.19 bits per heavy atom. The number of nitrogens with one attached hydrogen (secondary N) is 1. The number of hydrogen-bond acceptors (Lipinski definition) is 4. The van der Waals surface area contributed by atoms with Gasteiger partial charge in [0.25, 0.3) is 5.91 Å². The number of aryl methyl sites for hydroxylation is 1. The minimum Gasteiger partial charge on any atom is -0.478 e. The predicted octanol–water partition coefficient (Wildman–Crippen LogP) is 3.74. The van der Waals surface area contributed by atoms with Crippen LogP contribution in [0.4, 0.5) is 11.4 Å². The molecule has 3 rings (SSSR count). The van der Waals surface area contributed by atoms with Gasteiger partial charge in [0.2, 0.25) is 5.91 Å². The van der Waals surface area contributed by atoms with E-state index in [0.717, 1.165) is 4.90 Å². The Hall–Kier alpha value is -2.57. The number of halogens is 2. The Morgan fingerprint density at radius 3 is 2.58 bits per heavy atom. The molecule has 8 heteroatoms. The van der Waals surface area contributed by atoms with Crippen LogP contribution in [0.5, 0.6) is 0 Å². The third-order valence-electron chi connectivity index (χ3n) is 4.10. The van der Waals surface area contributed by atoms with Crippen molar-refractivity contribution in [2.75, 3.05) is 10.2 Å². The first-order valence-electron chi connectivity index (χ1n) is 7.70. The minimum atomic E-state index is -1.13. The fraction of sp³-hybridized carbons (Fsp3) is 0.167. The van der Waals surface area contributed by atoms with Crippen LogP contribution in [0.2, 0.25) is 10.0 Å². The van der Waals surface area contributed by atoms with E-state index in [2.05, 4.69) is 5.32 Å². The smallest absolute Gasteiger partial charge is 0.335 e. The summed E-state index contributed by atoms with van der Waals surface area (Å²) in [5.41, 5.74) is 1.39. The van der Waals surface area contributed by atoms with E-state index in [9.17, 15) is 14.4 Å². The molecule has 2 N–H and O–H groups in total. The van der Waals surface area contributed by atoms with Gasteiger partial charge in [-0.3, -0.25) is 9.59 Å². The quantitative estimate of drug-likeness (QED) is 0.773. The average molecular weight is 393 g/mol. The van der Waals surface area contributed by atoms with E-state index in [4.69, 9.17) is 28.3 Å². The summed E-state index contributed by atoms with van der Waals surface area (Å²) in [6.07, 6.45) is -0.0610. The molecule has 2 aromatic carbocycles. The van der Waals surface area contributed by atoms with Gasteiger partial charge in [0.1, 0.15) is 6.04 Å². The number of rotatable bonds is 4. The molecule has 0 spiro atoms. The highest BCUT2D eigenvalue weighted by molar-refractivity contribution is 6.36. The first kappa shape index (κ1) is 18.2. The van der Waals surface area contributed by atoms with Crippen LogP contribution in [0, 0.1) is 6.92 Å². The van der Waals surface area contributed by atoms with Crippen LogP contribution < -0.4 is 10.2 Å². The van der Waals surface area contributed by atoms with Crippen LogP contribution in [0.1, 0.15) is 22.3 Å². The lowest BCUT2D eigenvalue weighted by Gasteiger charge is -2.19. The van der Waals surface area contributed by atoms with Gasteiger partial charge in [0, 0.05) is 5.02 Å². The number of nitrogens with zero attached hydrogens (tertiary/aromatic N) is 1. The number of carbonyl (C=O) groups is 3. The van der Waals surface area contributed by atoms with E-state index in [1.807, 2.05) is 0 Å². The Labute approximate surface area is 159 Å². The molecule has 1 atom stereocenters. The second kappa shape index (κ2) is 6.97. The van der Waals surface area contributed by atoms with Crippen LogP contribution in [-0.2, 0) is 9.59 Å². The van der Waals surface area contributed by atoms with Crippen molar-refractivity contribution >= 4 is 52.4 Å². The summed E-state index contributed by atoms with van der Waals surface area (Å²) in [5, 5.41) is 12.9. The highest BCUT2D eigenvalue weighted by Gasteiger charge is 2.40. The van der Waals surface area contributed by atoms with Crippen molar-refractivity contribution in [1.29, 1.82) is 0 Å². The summed E-state index contributed by atoms with van der Waals surface area (Å²) >= 11 is 12.0. The molecule has 1 unspecified atom stereocenters. The number of anilines is 2. The first-order valence-corrected chi connectivity index (χ1v) is 8.46. The topological polar surface area (TPSA) is 86.7 Å². The molecular weight excluding hydrogens is 379 g/mol. The number of carboxylic acids is 1. The SMILES string of the molecule is Cc1ccc(C(=O)O)cc1N1C(=O)CC(Nc2ccc(Cl)cc2Cl)C1=O. The molecule has 6 nitrogen and oxygen atoms in total. The van der Waals surface area contributed by atoms with Gasteiger partial charge in [-0.2, -0.15) is 0 Å². The second-order valence-corrected chi connectivity index (χ2v) is 6.74. The van der Waals surface area contributed by atoms with Gasteiger partial charge in [0.15, 0.2) is 0 Å². The Balaban J connectivity index is 1.90. The minimum absolute atomic E-state index is 0.00311. The molecule has 134 valence electrons. The van der Waals surface area contributed by atoms with Crippen LogP contribution in [0.3, 0.4) is 0 Å². The van der Waals surface area contributed by atoms with Crippen molar-refractivity contribution in [3.8, 4) is 0 Å². The molecule has 1 aliphatic rings. The highest BCUT2D eigenvalue weighted by Crippen LogP contribution is 2.31. The molecule has 1 heterocycles. The molecule has 1 aliphatic heterocycles. The summed E-state index contributed by atoms with van der Waals surface area (Å²) < 4.78 is 0. The number of imide groups is 1. The highest BCUT2D eigenvalue weighted by atomic mass is 35.5. The maximum atomic E-state index is 12.8. The zero-order valence-corrected chi connectivity index (χ0v) is 15.1. The summed E-state index contributed by atoms with van der Waals surface area (Å²) in [6.45, 7) is 1.71. The summed E-state index contributed by atoms with van der Waals surface area (Å²) in [5.74, 6) is -2.01. The summed E-state index contributed by atoms with van der Waals surface area (Å²) in [6, 6.07) is 8.30. The maximum absolute atomic E-state index is 12.8. The zero-order chi connectivity index (χ0) is 19.0. The molecule has 0 radical (unpaired) electrons. The van der Waals surface area contributed by atoms with Gasteiger partial charge in [-0.25, -0.2) is 9.69 Å². The molecule has 0 aliphatic carbocycles. The number of hydrogen-bond donors (Lipinski definition) is 2. The normalized spacial score (nSPS) is 16.9. The van der Waals surface area contributed by atoms with Gasteiger partial charge in [-0.05, 0) is 42.8 Å². The molecule has 0 aromatic heterocycles. The van der Waals surface area contributed by atoms with Crippen molar-refractivity contribution in [3.05, 3.63) is 57.6 Å². The average Bonchev–Trinajstić information content (AvgIpc) is 2.84. The number of amides is 2.